The zero-order chi connectivity index (χ0) is 17.7. The Morgan fingerprint density at radius 3 is 2.29 bits per heavy atom. The summed E-state index contributed by atoms with van der Waals surface area (Å²) in [6, 6.07) is 11.0. The van der Waals surface area contributed by atoms with Gasteiger partial charge < -0.3 is 15.4 Å². The molecule has 1 atom stereocenters. The van der Waals surface area contributed by atoms with E-state index < -0.39 is 0 Å². The molecule has 0 aliphatic carbocycles. The second-order valence-corrected chi connectivity index (χ2v) is 6.90. The summed E-state index contributed by atoms with van der Waals surface area (Å²) in [5.74, 6) is 0.719. The average molecular weight is 346 g/mol. The lowest BCUT2D eigenvalue weighted by molar-refractivity contribution is -0.114. The number of thiophene rings is 1. The minimum atomic E-state index is -0.151. The molecule has 0 spiro atoms. The molecule has 0 aliphatic heterocycles. The molecule has 128 valence electrons. The molecule has 0 saturated heterocycles. The Labute approximate surface area is 146 Å². The topological polar surface area (TPSA) is 67.4 Å². The third-order valence-electron chi connectivity index (χ3n) is 3.56. The number of carbonyl (C=O) groups excluding carboxylic acids is 2. The molecule has 2 rings (SSSR count). The van der Waals surface area contributed by atoms with Crippen LogP contribution in [-0.2, 0) is 4.79 Å². The van der Waals surface area contributed by atoms with Crippen molar-refractivity contribution in [1.29, 1.82) is 0 Å². The van der Waals surface area contributed by atoms with Gasteiger partial charge in [-0.3, -0.25) is 9.59 Å². The molecule has 1 aromatic heterocycles. The van der Waals surface area contributed by atoms with Crippen LogP contribution in [0.3, 0.4) is 0 Å². The van der Waals surface area contributed by atoms with Crippen LogP contribution in [-0.4, -0.2) is 18.9 Å². The summed E-state index contributed by atoms with van der Waals surface area (Å²) in [6.45, 7) is 5.57. The first-order chi connectivity index (χ1) is 11.4. The van der Waals surface area contributed by atoms with E-state index in [1.165, 1.54) is 18.3 Å². The van der Waals surface area contributed by atoms with Crippen molar-refractivity contribution in [3.63, 3.8) is 0 Å². The first kappa shape index (κ1) is 18.0. The molecule has 2 aromatic rings. The van der Waals surface area contributed by atoms with Gasteiger partial charge in [-0.2, -0.15) is 0 Å². The largest absolute Gasteiger partial charge is 0.497 e. The predicted molar refractivity (Wildman–Crippen MR) is 96.7 cm³/mol. The fourth-order valence-electron chi connectivity index (χ4n) is 2.36. The van der Waals surface area contributed by atoms with Gasteiger partial charge in [0, 0.05) is 6.92 Å². The molecule has 2 amide bonds. The maximum atomic E-state index is 12.5. The number of carbonyl (C=O) groups is 2. The summed E-state index contributed by atoms with van der Waals surface area (Å²) in [5.41, 5.74) is 1.03. The second kappa shape index (κ2) is 7.97. The molecule has 1 unspecified atom stereocenters. The zero-order valence-corrected chi connectivity index (χ0v) is 15.1. The molecule has 6 heteroatoms. The maximum Gasteiger partial charge on any atom is 0.261 e. The Kier molecular flexibility index (Phi) is 5.98. The van der Waals surface area contributed by atoms with Crippen LogP contribution < -0.4 is 15.4 Å². The minimum absolute atomic E-state index is 0.102. The predicted octanol–water partition coefficient (Wildman–Crippen LogP) is 3.84. The SMILES string of the molecule is COc1ccc(C(NC(=O)c2ccc(NC(C)=O)s2)C(C)C)cc1. The highest BCUT2D eigenvalue weighted by Crippen LogP contribution is 2.26. The second-order valence-electron chi connectivity index (χ2n) is 5.81. The maximum absolute atomic E-state index is 12.5. The van der Waals surface area contributed by atoms with E-state index in [0.29, 0.717) is 9.88 Å². The van der Waals surface area contributed by atoms with E-state index in [9.17, 15) is 9.59 Å². The Morgan fingerprint density at radius 2 is 1.75 bits per heavy atom. The number of hydrogen-bond acceptors (Lipinski definition) is 4. The molecule has 0 saturated carbocycles. The van der Waals surface area contributed by atoms with E-state index in [0.717, 1.165) is 11.3 Å². The molecule has 2 N–H and O–H groups in total. The van der Waals surface area contributed by atoms with Crippen LogP contribution in [0.1, 0.15) is 42.0 Å². The Hall–Kier alpha value is -2.34. The Morgan fingerprint density at radius 1 is 1.08 bits per heavy atom. The van der Waals surface area contributed by atoms with Gasteiger partial charge in [-0.15, -0.1) is 11.3 Å². The van der Waals surface area contributed by atoms with Crippen LogP contribution in [0.5, 0.6) is 5.75 Å². The Balaban J connectivity index is 2.13. The zero-order valence-electron chi connectivity index (χ0n) is 14.3. The highest BCUT2D eigenvalue weighted by atomic mass is 32.1. The van der Waals surface area contributed by atoms with Gasteiger partial charge in [-0.25, -0.2) is 0 Å². The molecular formula is C18H22N2O3S. The molecule has 5 nitrogen and oxygen atoms in total. The first-order valence-corrected chi connectivity index (χ1v) is 8.54. The van der Waals surface area contributed by atoms with E-state index in [-0.39, 0.29) is 23.8 Å². The van der Waals surface area contributed by atoms with Gasteiger partial charge in [-0.05, 0) is 35.7 Å². The summed E-state index contributed by atoms with van der Waals surface area (Å²) >= 11 is 1.26. The molecule has 0 aliphatic rings. The smallest absolute Gasteiger partial charge is 0.261 e. The number of anilines is 1. The molecule has 24 heavy (non-hydrogen) atoms. The quantitative estimate of drug-likeness (QED) is 0.835. The van der Waals surface area contributed by atoms with Crippen molar-refractivity contribution in [2.24, 2.45) is 5.92 Å². The standard InChI is InChI=1S/C18H22N2O3S/c1-11(2)17(13-5-7-14(23-4)8-6-13)20-18(22)15-9-10-16(24-15)19-12(3)21/h5-11,17H,1-4H3,(H,19,21)(H,20,22). The van der Waals surface area contributed by atoms with Crippen LogP contribution in [0.2, 0.25) is 0 Å². The van der Waals surface area contributed by atoms with Gasteiger partial charge in [0.15, 0.2) is 0 Å². The van der Waals surface area contributed by atoms with Gasteiger partial charge in [0.1, 0.15) is 5.75 Å². The van der Waals surface area contributed by atoms with E-state index >= 15 is 0 Å². The third kappa shape index (κ3) is 4.58. The summed E-state index contributed by atoms with van der Waals surface area (Å²) < 4.78 is 5.17. The van der Waals surface area contributed by atoms with E-state index in [1.54, 1.807) is 19.2 Å². The molecule has 0 bridgehead atoms. The normalized spacial score (nSPS) is 11.9. The van der Waals surface area contributed by atoms with Gasteiger partial charge in [-0.1, -0.05) is 26.0 Å². The van der Waals surface area contributed by atoms with Crippen molar-refractivity contribution in [1.82, 2.24) is 5.32 Å². The number of rotatable bonds is 6. The summed E-state index contributed by atoms with van der Waals surface area (Å²) in [6.07, 6.45) is 0. The third-order valence-corrected chi connectivity index (χ3v) is 4.56. The van der Waals surface area contributed by atoms with Gasteiger partial charge in [0.05, 0.1) is 23.0 Å². The number of nitrogens with one attached hydrogen (secondary N) is 2. The van der Waals surface area contributed by atoms with Crippen LogP contribution in [0.4, 0.5) is 5.00 Å². The van der Waals surface area contributed by atoms with Gasteiger partial charge in [0.25, 0.3) is 5.91 Å². The van der Waals surface area contributed by atoms with Crippen molar-refractivity contribution < 1.29 is 14.3 Å². The van der Waals surface area contributed by atoms with Gasteiger partial charge >= 0.3 is 0 Å². The van der Waals surface area contributed by atoms with Crippen LogP contribution in [0.25, 0.3) is 0 Å². The number of ether oxygens (including phenoxy) is 1. The van der Waals surface area contributed by atoms with Crippen molar-refractivity contribution >= 4 is 28.2 Å². The average Bonchev–Trinajstić information content (AvgIpc) is 3.00. The van der Waals surface area contributed by atoms with Crippen LogP contribution >= 0.6 is 11.3 Å². The fourth-order valence-corrected chi connectivity index (χ4v) is 3.21. The summed E-state index contributed by atoms with van der Waals surface area (Å²) in [4.78, 5) is 24.2. The monoisotopic (exact) mass is 346 g/mol. The lowest BCUT2D eigenvalue weighted by Gasteiger charge is -2.23. The highest BCUT2D eigenvalue weighted by molar-refractivity contribution is 7.18. The summed E-state index contributed by atoms with van der Waals surface area (Å²) in [5, 5.41) is 6.42. The number of benzene rings is 1. The lowest BCUT2D eigenvalue weighted by atomic mass is 9.96. The molecular weight excluding hydrogens is 324 g/mol. The molecule has 0 radical (unpaired) electrons. The van der Waals surface area contributed by atoms with E-state index in [2.05, 4.69) is 24.5 Å². The molecule has 1 aromatic carbocycles. The van der Waals surface area contributed by atoms with Crippen molar-refractivity contribution in [2.75, 3.05) is 12.4 Å². The van der Waals surface area contributed by atoms with Crippen molar-refractivity contribution in [2.45, 2.75) is 26.8 Å². The molecule has 0 fully saturated rings. The molecule has 1 heterocycles. The Bertz CT molecular complexity index is 707. The first-order valence-electron chi connectivity index (χ1n) is 7.73. The van der Waals surface area contributed by atoms with Crippen LogP contribution in [0, 0.1) is 5.92 Å². The van der Waals surface area contributed by atoms with E-state index in [4.69, 9.17) is 4.74 Å². The van der Waals surface area contributed by atoms with E-state index in [1.807, 2.05) is 24.3 Å². The van der Waals surface area contributed by atoms with Crippen molar-refractivity contribution in [3.8, 4) is 5.75 Å². The van der Waals surface area contributed by atoms with Crippen LogP contribution in [0.15, 0.2) is 36.4 Å². The highest BCUT2D eigenvalue weighted by Gasteiger charge is 2.20. The summed E-state index contributed by atoms with van der Waals surface area (Å²) in [7, 11) is 1.63. The lowest BCUT2D eigenvalue weighted by Crippen LogP contribution is -2.31. The van der Waals surface area contributed by atoms with Gasteiger partial charge in [0.2, 0.25) is 5.91 Å². The number of amides is 2. The minimum Gasteiger partial charge on any atom is -0.497 e. The number of methoxy groups -OCH3 is 1. The van der Waals surface area contributed by atoms with Crippen molar-refractivity contribution in [3.05, 3.63) is 46.8 Å². The fraction of sp³-hybridized carbons (Fsp3) is 0.333. The number of hydrogen-bond donors (Lipinski definition) is 2.